The lowest BCUT2D eigenvalue weighted by molar-refractivity contribution is 0.112. The second-order valence-electron chi connectivity index (χ2n) is 3.32. The molecule has 0 unspecified atom stereocenters. The van der Waals surface area contributed by atoms with Crippen molar-refractivity contribution in [3.8, 4) is 0 Å². The molecular weight excluding hydrogens is 206 g/mol. The molecule has 82 valence electrons. The van der Waals surface area contributed by atoms with E-state index in [9.17, 15) is 4.79 Å². The van der Waals surface area contributed by atoms with Crippen LogP contribution in [0.1, 0.15) is 21.9 Å². The van der Waals surface area contributed by atoms with Crippen LogP contribution in [0.2, 0.25) is 0 Å². The maximum absolute atomic E-state index is 10.5. The number of hydrogen-bond donors (Lipinski definition) is 1. The van der Waals surface area contributed by atoms with E-state index in [1.54, 1.807) is 6.26 Å². The predicted octanol–water partition coefficient (Wildman–Crippen LogP) is 1.25. The smallest absolute Gasteiger partial charge is 0.155 e. The minimum Gasteiger partial charge on any atom is -0.469 e. The lowest BCUT2D eigenvalue weighted by atomic mass is 10.2. The van der Waals surface area contributed by atoms with E-state index in [1.165, 1.54) is 6.20 Å². The second-order valence-corrected chi connectivity index (χ2v) is 3.32. The van der Waals surface area contributed by atoms with Gasteiger partial charge in [-0.2, -0.15) is 0 Å². The number of anilines is 1. The molecule has 0 amide bonds. The van der Waals surface area contributed by atoms with Crippen molar-refractivity contribution in [3.63, 3.8) is 0 Å². The first kappa shape index (κ1) is 10.4. The van der Waals surface area contributed by atoms with Crippen molar-refractivity contribution in [1.29, 1.82) is 0 Å². The quantitative estimate of drug-likeness (QED) is 0.779. The maximum Gasteiger partial charge on any atom is 0.155 e. The summed E-state index contributed by atoms with van der Waals surface area (Å²) in [6, 6.07) is 3.73. The summed E-state index contributed by atoms with van der Waals surface area (Å²) in [6.45, 7) is 0. The first-order chi connectivity index (χ1) is 7.79. The third-order valence-electron chi connectivity index (χ3n) is 2.20. The Labute approximate surface area is 92.3 Å². The summed E-state index contributed by atoms with van der Waals surface area (Å²) in [5.41, 5.74) is 5.90. The Bertz CT molecular complexity index is 480. The monoisotopic (exact) mass is 217 g/mol. The fourth-order valence-corrected chi connectivity index (χ4v) is 1.34. The van der Waals surface area contributed by atoms with Crippen LogP contribution in [0.3, 0.4) is 0 Å². The van der Waals surface area contributed by atoms with Gasteiger partial charge >= 0.3 is 0 Å². The number of nitrogens with two attached hydrogens (primary N) is 1. The van der Waals surface area contributed by atoms with Gasteiger partial charge in [0.25, 0.3) is 0 Å². The molecule has 5 nitrogen and oxygen atoms in total. The van der Waals surface area contributed by atoms with Gasteiger partial charge in [0, 0.05) is 19.0 Å². The number of hydrogen-bond acceptors (Lipinski definition) is 5. The van der Waals surface area contributed by atoms with E-state index < -0.39 is 0 Å². The highest BCUT2D eigenvalue weighted by Crippen LogP contribution is 2.08. The molecule has 2 rings (SSSR count). The minimum absolute atomic E-state index is 0.222. The normalized spacial score (nSPS) is 10.2. The SMILES string of the molecule is Nc1nc(CCc2ccco2)ncc1C=O. The molecule has 0 saturated carbocycles. The van der Waals surface area contributed by atoms with Crippen LogP contribution < -0.4 is 5.73 Å². The molecule has 2 aromatic rings. The molecule has 0 saturated heterocycles. The highest BCUT2D eigenvalue weighted by molar-refractivity contribution is 5.80. The summed E-state index contributed by atoms with van der Waals surface area (Å²) >= 11 is 0. The molecule has 2 aromatic heterocycles. The average Bonchev–Trinajstić information content (AvgIpc) is 2.79. The fraction of sp³-hybridized carbons (Fsp3) is 0.182. The van der Waals surface area contributed by atoms with Gasteiger partial charge < -0.3 is 10.2 Å². The first-order valence-corrected chi connectivity index (χ1v) is 4.88. The summed E-state index contributed by atoms with van der Waals surface area (Å²) in [7, 11) is 0. The fourth-order valence-electron chi connectivity index (χ4n) is 1.34. The van der Waals surface area contributed by atoms with Crippen LogP contribution in [-0.4, -0.2) is 16.3 Å². The van der Waals surface area contributed by atoms with Crippen molar-refractivity contribution >= 4 is 12.1 Å². The number of carbonyl (C=O) groups excluding carboxylic acids is 1. The minimum atomic E-state index is 0.222. The highest BCUT2D eigenvalue weighted by Gasteiger charge is 2.04. The van der Waals surface area contributed by atoms with Gasteiger partial charge in [-0.15, -0.1) is 0 Å². The first-order valence-electron chi connectivity index (χ1n) is 4.88. The van der Waals surface area contributed by atoms with Gasteiger partial charge in [-0.3, -0.25) is 4.79 Å². The summed E-state index contributed by atoms with van der Waals surface area (Å²) in [5, 5.41) is 0. The number of aromatic nitrogens is 2. The molecule has 0 atom stereocenters. The molecule has 0 radical (unpaired) electrons. The van der Waals surface area contributed by atoms with Crippen molar-refractivity contribution in [2.45, 2.75) is 12.8 Å². The number of rotatable bonds is 4. The average molecular weight is 217 g/mol. The second kappa shape index (κ2) is 4.57. The van der Waals surface area contributed by atoms with Crippen molar-refractivity contribution in [3.05, 3.63) is 41.7 Å². The van der Waals surface area contributed by atoms with Crippen LogP contribution in [0.4, 0.5) is 5.82 Å². The van der Waals surface area contributed by atoms with Gasteiger partial charge in [0.15, 0.2) is 6.29 Å². The Morgan fingerprint density at radius 2 is 2.31 bits per heavy atom. The molecular formula is C11H11N3O2. The molecule has 0 spiro atoms. The topological polar surface area (TPSA) is 82.0 Å². The van der Waals surface area contributed by atoms with Crippen molar-refractivity contribution < 1.29 is 9.21 Å². The predicted molar refractivity (Wildman–Crippen MR) is 57.9 cm³/mol. The van der Waals surface area contributed by atoms with Crippen molar-refractivity contribution in [2.24, 2.45) is 0 Å². The number of carbonyl (C=O) groups is 1. The molecule has 16 heavy (non-hydrogen) atoms. The van der Waals surface area contributed by atoms with E-state index in [-0.39, 0.29) is 5.82 Å². The zero-order valence-electron chi connectivity index (χ0n) is 8.59. The number of nitrogen functional groups attached to an aromatic ring is 1. The van der Waals surface area contributed by atoms with Gasteiger partial charge in [0.2, 0.25) is 0 Å². The molecule has 0 bridgehead atoms. The van der Waals surface area contributed by atoms with Crippen LogP contribution >= 0.6 is 0 Å². The van der Waals surface area contributed by atoms with Gasteiger partial charge in [-0.05, 0) is 12.1 Å². The molecule has 5 heteroatoms. The molecule has 0 fully saturated rings. The largest absolute Gasteiger partial charge is 0.469 e. The summed E-state index contributed by atoms with van der Waals surface area (Å²) in [5.74, 6) is 1.71. The van der Waals surface area contributed by atoms with Crippen LogP contribution in [0, 0.1) is 0 Å². The number of furan rings is 1. The van der Waals surface area contributed by atoms with Crippen molar-refractivity contribution in [1.82, 2.24) is 9.97 Å². The third kappa shape index (κ3) is 2.25. The molecule has 2 N–H and O–H groups in total. The number of aryl methyl sites for hydroxylation is 2. The maximum atomic E-state index is 10.5. The third-order valence-corrected chi connectivity index (χ3v) is 2.20. The van der Waals surface area contributed by atoms with E-state index in [4.69, 9.17) is 10.2 Å². The number of nitrogens with zero attached hydrogens (tertiary/aromatic N) is 2. The van der Waals surface area contributed by atoms with E-state index in [0.29, 0.717) is 30.5 Å². The summed E-state index contributed by atoms with van der Waals surface area (Å²) in [6.07, 6.45) is 5.06. The van der Waals surface area contributed by atoms with E-state index in [1.807, 2.05) is 12.1 Å². The van der Waals surface area contributed by atoms with Crippen molar-refractivity contribution in [2.75, 3.05) is 5.73 Å². The molecule has 0 aliphatic heterocycles. The van der Waals surface area contributed by atoms with Crippen LogP contribution in [-0.2, 0) is 12.8 Å². The van der Waals surface area contributed by atoms with Crippen LogP contribution in [0.25, 0.3) is 0 Å². The molecule has 0 aliphatic carbocycles. The Balaban J connectivity index is 2.05. The summed E-state index contributed by atoms with van der Waals surface area (Å²) < 4.78 is 5.19. The van der Waals surface area contributed by atoms with E-state index in [0.717, 1.165) is 5.76 Å². The zero-order chi connectivity index (χ0) is 11.4. The lowest BCUT2D eigenvalue weighted by Crippen LogP contribution is -2.04. The number of aldehydes is 1. The van der Waals surface area contributed by atoms with Crippen LogP contribution in [0.5, 0.6) is 0 Å². The van der Waals surface area contributed by atoms with Gasteiger partial charge in [-0.1, -0.05) is 0 Å². The Kier molecular flexibility index (Phi) is 2.95. The van der Waals surface area contributed by atoms with E-state index >= 15 is 0 Å². The van der Waals surface area contributed by atoms with Gasteiger partial charge in [-0.25, -0.2) is 9.97 Å². The van der Waals surface area contributed by atoms with Gasteiger partial charge in [0.1, 0.15) is 17.4 Å². The van der Waals surface area contributed by atoms with Crippen LogP contribution in [0.15, 0.2) is 29.0 Å². The summed E-state index contributed by atoms with van der Waals surface area (Å²) in [4.78, 5) is 18.6. The zero-order valence-corrected chi connectivity index (χ0v) is 8.59. The molecule has 0 aliphatic rings. The Hall–Kier alpha value is -2.17. The standard InChI is InChI=1S/C11H11N3O2/c12-11-8(7-15)6-13-10(14-11)4-3-9-2-1-5-16-9/h1-2,5-7H,3-4H2,(H2,12,13,14). The highest BCUT2D eigenvalue weighted by atomic mass is 16.3. The van der Waals surface area contributed by atoms with Gasteiger partial charge in [0.05, 0.1) is 11.8 Å². The Morgan fingerprint density at radius 1 is 1.44 bits per heavy atom. The Morgan fingerprint density at radius 3 is 2.94 bits per heavy atom. The lowest BCUT2D eigenvalue weighted by Gasteiger charge is -2.01. The van der Waals surface area contributed by atoms with E-state index in [2.05, 4.69) is 9.97 Å². The molecule has 0 aromatic carbocycles. The molecule has 2 heterocycles.